The van der Waals surface area contributed by atoms with E-state index in [0.29, 0.717) is 18.3 Å². The summed E-state index contributed by atoms with van der Waals surface area (Å²) in [6, 6.07) is 6.01. The number of rotatable bonds is 9. The van der Waals surface area contributed by atoms with Gasteiger partial charge in [0.2, 0.25) is 5.88 Å². The van der Waals surface area contributed by atoms with E-state index in [1.165, 1.54) is 12.8 Å². The Morgan fingerprint density at radius 3 is 2.78 bits per heavy atom. The second-order valence-corrected chi connectivity index (χ2v) is 7.46. The van der Waals surface area contributed by atoms with Gasteiger partial charge in [-0.05, 0) is 34.3 Å². The summed E-state index contributed by atoms with van der Waals surface area (Å²) in [7, 11) is 1.62. The summed E-state index contributed by atoms with van der Waals surface area (Å²) in [5, 5.41) is 7.94. The first-order chi connectivity index (χ1) is 13.2. The molecule has 7 heteroatoms. The lowest BCUT2D eigenvalue weighted by atomic mass is 9.95. The molecule has 1 unspecified atom stereocenters. The Hall–Kier alpha value is -2.15. The van der Waals surface area contributed by atoms with E-state index in [1.807, 2.05) is 22.8 Å². The van der Waals surface area contributed by atoms with Crippen LogP contribution in [0.2, 0.25) is 0 Å². The molecule has 1 atom stereocenters. The molecule has 3 aromatic heterocycles. The Balaban J connectivity index is 1.88. The molecule has 0 bridgehead atoms. The van der Waals surface area contributed by atoms with Crippen molar-refractivity contribution in [3.8, 4) is 5.88 Å². The van der Waals surface area contributed by atoms with Crippen LogP contribution in [-0.2, 0) is 6.54 Å². The number of ether oxygens (including phenoxy) is 1. The Morgan fingerprint density at radius 2 is 2.11 bits per heavy atom. The number of fused-ring (bicyclic) bond motifs is 1. The first-order valence-electron chi connectivity index (χ1n) is 9.43. The fraction of sp³-hybridized carbons (Fsp3) is 0.450. The summed E-state index contributed by atoms with van der Waals surface area (Å²) in [5.74, 6) is 2.01. The standard InChI is InChI=1S/C20H26BrN5O/c1-4-6-7-15(5-2)17-10-18(26-20(25-17)16(21)13-24-26)22-11-14-8-9-19(27-3)23-12-14/h8-10,12-13,15,22H,4-7,11H2,1-3H3. The number of methoxy groups -OCH3 is 1. The molecule has 0 aliphatic rings. The molecule has 3 rings (SSSR count). The molecule has 0 saturated carbocycles. The minimum Gasteiger partial charge on any atom is -0.481 e. The molecular formula is C20H26BrN5O. The third-order valence-corrected chi connectivity index (χ3v) is 5.31. The van der Waals surface area contributed by atoms with Crippen molar-refractivity contribution >= 4 is 27.4 Å². The van der Waals surface area contributed by atoms with Crippen LogP contribution in [0.1, 0.15) is 56.7 Å². The van der Waals surface area contributed by atoms with Crippen molar-refractivity contribution in [1.82, 2.24) is 19.6 Å². The Labute approximate surface area is 168 Å². The van der Waals surface area contributed by atoms with Crippen LogP contribution in [0.15, 0.2) is 35.1 Å². The van der Waals surface area contributed by atoms with Crippen molar-refractivity contribution < 1.29 is 4.74 Å². The van der Waals surface area contributed by atoms with Crippen LogP contribution in [0.4, 0.5) is 5.82 Å². The van der Waals surface area contributed by atoms with E-state index >= 15 is 0 Å². The minimum absolute atomic E-state index is 0.458. The zero-order valence-electron chi connectivity index (χ0n) is 16.1. The molecule has 0 radical (unpaired) electrons. The van der Waals surface area contributed by atoms with Gasteiger partial charge in [0.05, 0.1) is 17.8 Å². The van der Waals surface area contributed by atoms with Gasteiger partial charge < -0.3 is 10.1 Å². The summed E-state index contributed by atoms with van der Waals surface area (Å²) in [4.78, 5) is 9.15. The number of nitrogens with one attached hydrogen (secondary N) is 1. The highest BCUT2D eigenvalue weighted by Crippen LogP contribution is 2.29. The summed E-state index contributed by atoms with van der Waals surface area (Å²) >= 11 is 3.57. The number of hydrogen-bond donors (Lipinski definition) is 1. The zero-order chi connectivity index (χ0) is 19.2. The van der Waals surface area contributed by atoms with Crippen LogP contribution in [0.25, 0.3) is 5.65 Å². The third-order valence-electron chi connectivity index (χ3n) is 4.75. The van der Waals surface area contributed by atoms with E-state index in [1.54, 1.807) is 13.3 Å². The Kier molecular flexibility index (Phi) is 6.66. The van der Waals surface area contributed by atoms with E-state index in [4.69, 9.17) is 9.72 Å². The molecule has 0 aromatic carbocycles. The maximum absolute atomic E-state index is 5.12. The van der Waals surface area contributed by atoms with Gasteiger partial charge in [-0.2, -0.15) is 9.61 Å². The van der Waals surface area contributed by atoms with Crippen LogP contribution < -0.4 is 10.1 Å². The highest BCUT2D eigenvalue weighted by atomic mass is 79.9. The summed E-state index contributed by atoms with van der Waals surface area (Å²) < 4.78 is 7.87. The molecule has 1 N–H and O–H groups in total. The average molecular weight is 432 g/mol. The van der Waals surface area contributed by atoms with Crippen LogP contribution in [0.5, 0.6) is 5.88 Å². The molecule has 3 aromatic rings. The van der Waals surface area contributed by atoms with Crippen molar-refractivity contribution in [2.24, 2.45) is 0 Å². The van der Waals surface area contributed by atoms with E-state index in [2.05, 4.69) is 51.2 Å². The van der Waals surface area contributed by atoms with Gasteiger partial charge >= 0.3 is 0 Å². The van der Waals surface area contributed by atoms with Crippen molar-refractivity contribution in [1.29, 1.82) is 0 Å². The molecule has 0 amide bonds. The number of unbranched alkanes of at least 4 members (excludes halogenated alkanes) is 1. The quantitative estimate of drug-likeness (QED) is 0.504. The van der Waals surface area contributed by atoms with Gasteiger partial charge in [0.15, 0.2) is 5.65 Å². The van der Waals surface area contributed by atoms with Crippen LogP contribution in [-0.4, -0.2) is 26.7 Å². The van der Waals surface area contributed by atoms with Gasteiger partial charge in [0.1, 0.15) is 5.82 Å². The summed E-state index contributed by atoms with van der Waals surface area (Å²) in [6.45, 7) is 5.11. The Morgan fingerprint density at radius 1 is 1.26 bits per heavy atom. The van der Waals surface area contributed by atoms with Crippen molar-refractivity contribution in [2.45, 2.75) is 52.0 Å². The summed E-state index contributed by atoms with van der Waals surface area (Å²) in [6.07, 6.45) is 8.26. The zero-order valence-corrected chi connectivity index (χ0v) is 17.7. The number of aromatic nitrogens is 4. The predicted molar refractivity (Wildman–Crippen MR) is 111 cm³/mol. The highest BCUT2D eigenvalue weighted by molar-refractivity contribution is 9.10. The van der Waals surface area contributed by atoms with E-state index < -0.39 is 0 Å². The smallest absolute Gasteiger partial charge is 0.212 e. The SMILES string of the molecule is CCCCC(CC)c1cc(NCc2ccc(OC)nc2)n2ncc(Br)c2n1. The molecule has 6 nitrogen and oxygen atoms in total. The van der Waals surface area contributed by atoms with Gasteiger partial charge in [-0.25, -0.2) is 9.97 Å². The van der Waals surface area contributed by atoms with Crippen LogP contribution in [0.3, 0.4) is 0 Å². The average Bonchev–Trinajstić information content (AvgIpc) is 3.08. The number of halogens is 1. The van der Waals surface area contributed by atoms with Crippen molar-refractivity contribution in [2.75, 3.05) is 12.4 Å². The topological polar surface area (TPSA) is 64.3 Å². The lowest BCUT2D eigenvalue weighted by molar-refractivity contribution is 0.397. The second kappa shape index (κ2) is 9.17. The Bertz CT molecular complexity index is 878. The van der Waals surface area contributed by atoms with E-state index in [-0.39, 0.29) is 0 Å². The maximum atomic E-state index is 5.12. The number of nitrogens with zero attached hydrogens (tertiary/aromatic N) is 4. The van der Waals surface area contributed by atoms with E-state index in [0.717, 1.165) is 40.0 Å². The van der Waals surface area contributed by atoms with Gasteiger partial charge in [0.25, 0.3) is 0 Å². The minimum atomic E-state index is 0.458. The lowest BCUT2D eigenvalue weighted by Crippen LogP contribution is -2.10. The monoisotopic (exact) mass is 431 g/mol. The van der Waals surface area contributed by atoms with Crippen LogP contribution in [0, 0.1) is 0 Å². The number of anilines is 1. The molecule has 0 fully saturated rings. The molecule has 0 saturated heterocycles. The van der Waals surface area contributed by atoms with E-state index in [9.17, 15) is 0 Å². The van der Waals surface area contributed by atoms with Gasteiger partial charge in [0, 0.05) is 36.5 Å². The predicted octanol–water partition coefficient (Wildman–Crippen LogP) is 5.19. The molecule has 3 heterocycles. The van der Waals surface area contributed by atoms with Gasteiger partial charge in [-0.15, -0.1) is 0 Å². The first-order valence-corrected chi connectivity index (χ1v) is 10.2. The molecule has 144 valence electrons. The molecule has 0 aliphatic carbocycles. The van der Waals surface area contributed by atoms with Crippen LogP contribution >= 0.6 is 15.9 Å². The largest absolute Gasteiger partial charge is 0.481 e. The van der Waals surface area contributed by atoms with Gasteiger partial charge in [-0.3, -0.25) is 0 Å². The fourth-order valence-electron chi connectivity index (χ4n) is 3.13. The molecule has 0 spiro atoms. The third kappa shape index (κ3) is 4.58. The number of pyridine rings is 1. The summed E-state index contributed by atoms with van der Waals surface area (Å²) in [5.41, 5.74) is 3.04. The molecule has 27 heavy (non-hydrogen) atoms. The number of hydrogen-bond acceptors (Lipinski definition) is 5. The lowest BCUT2D eigenvalue weighted by Gasteiger charge is -2.17. The normalized spacial score (nSPS) is 12.3. The highest BCUT2D eigenvalue weighted by Gasteiger charge is 2.16. The second-order valence-electron chi connectivity index (χ2n) is 6.60. The van der Waals surface area contributed by atoms with Crippen molar-refractivity contribution in [3.63, 3.8) is 0 Å². The molecule has 0 aliphatic heterocycles. The van der Waals surface area contributed by atoms with Crippen molar-refractivity contribution in [3.05, 3.63) is 46.3 Å². The first kappa shape index (κ1) is 19.6. The maximum Gasteiger partial charge on any atom is 0.212 e. The van der Waals surface area contributed by atoms with Gasteiger partial charge in [-0.1, -0.05) is 32.8 Å². The molecular weight excluding hydrogens is 406 g/mol. The fourth-order valence-corrected chi connectivity index (χ4v) is 3.48.